The Bertz CT molecular complexity index is 927. The van der Waals surface area contributed by atoms with Crippen molar-refractivity contribution in [3.8, 4) is 0 Å². The molecular formula is C34H56O2. The summed E-state index contributed by atoms with van der Waals surface area (Å²) >= 11 is 0. The van der Waals surface area contributed by atoms with Crippen molar-refractivity contribution >= 4 is 5.97 Å². The molecule has 5 rings (SSSR count). The first kappa shape index (κ1) is 26.8. The summed E-state index contributed by atoms with van der Waals surface area (Å²) < 4.78 is 6.15. The molecule has 0 radical (unpaired) electrons. The number of hydrogen-bond acceptors (Lipinski definition) is 2. The molecule has 5 aliphatic rings. The van der Waals surface area contributed by atoms with Gasteiger partial charge in [-0.1, -0.05) is 74.0 Å². The Morgan fingerprint density at radius 2 is 1.50 bits per heavy atom. The minimum atomic E-state index is 0.0155. The largest absolute Gasteiger partial charge is 0.462 e. The zero-order chi connectivity index (χ0) is 26.4. The number of fused-ring (bicyclic) bond motifs is 7. The van der Waals surface area contributed by atoms with Gasteiger partial charge in [-0.3, -0.25) is 4.79 Å². The van der Waals surface area contributed by atoms with Crippen LogP contribution in [0.5, 0.6) is 0 Å². The van der Waals surface area contributed by atoms with E-state index < -0.39 is 0 Å². The maximum absolute atomic E-state index is 12.5. The van der Waals surface area contributed by atoms with E-state index in [1.807, 2.05) is 5.57 Å². The molecule has 0 spiro atoms. The zero-order valence-corrected chi connectivity index (χ0v) is 25.2. The van der Waals surface area contributed by atoms with Gasteiger partial charge in [0.1, 0.15) is 6.10 Å². The molecule has 5 aliphatic carbocycles. The van der Waals surface area contributed by atoms with Crippen LogP contribution in [-0.4, -0.2) is 12.1 Å². The van der Waals surface area contributed by atoms with Crippen molar-refractivity contribution in [3.63, 3.8) is 0 Å². The number of hydrogen-bond donors (Lipinski definition) is 0. The van der Waals surface area contributed by atoms with Crippen molar-refractivity contribution < 1.29 is 9.53 Å². The Kier molecular flexibility index (Phi) is 6.22. The monoisotopic (exact) mass is 496 g/mol. The molecule has 2 nitrogen and oxygen atoms in total. The highest BCUT2D eigenvalue weighted by Crippen LogP contribution is 2.76. The van der Waals surface area contributed by atoms with Crippen LogP contribution in [0.3, 0.4) is 0 Å². The fourth-order valence-corrected chi connectivity index (χ4v) is 11.2. The number of carbonyl (C=O) groups excluding carboxylic acids is 1. The standard InChI is InChI=1S/C34H56O2/c1-10-11-28(35)36-27-15-16-32(7)25(30(27,4)5)14-17-34(9)26(32)13-12-23-24-22-29(2,3)18-19-31(24,6)20-21-33(23,34)8/h22-23,25-27H,10-21H2,1-9H3/t23-,25+,26-,27-,31-,32+,33-,34-/m1/s1. The van der Waals surface area contributed by atoms with E-state index in [2.05, 4.69) is 68.4 Å². The van der Waals surface area contributed by atoms with Crippen LogP contribution in [0.25, 0.3) is 0 Å². The zero-order valence-electron chi connectivity index (χ0n) is 25.2. The van der Waals surface area contributed by atoms with E-state index in [9.17, 15) is 4.79 Å². The van der Waals surface area contributed by atoms with Crippen LogP contribution in [0.15, 0.2) is 11.6 Å². The SMILES string of the molecule is CCCC(=O)O[C@@H]1CC[C@]2(C)[C@H]3CC[C@@H]4C5=CC(C)(C)CC[C@]5(C)CC[C@@]4(C)[C@]3(C)CC[C@H]2C1(C)C. The maximum Gasteiger partial charge on any atom is 0.306 e. The van der Waals surface area contributed by atoms with Gasteiger partial charge in [0.05, 0.1) is 0 Å². The Hall–Kier alpha value is -0.790. The highest BCUT2D eigenvalue weighted by atomic mass is 16.5. The van der Waals surface area contributed by atoms with Crippen LogP contribution < -0.4 is 0 Å². The molecule has 0 saturated heterocycles. The van der Waals surface area contributed by atoms with Crippen molar-refractivity contribution in [2.45, 2.75) is 145 Å². The van der Waals surface area contributed by atoms with Gasteiger partial charge in [-0.15, -0.1) is 0 Å². The molecule has 0 aromatic rings. The predicted octanol–water partition coefficient (Wildman–Crippen LogP) is 9.52. The van der Waals surface area contributed by atoms with Gasteiger partial charge in [-0.05, 0) is 115 Å². The second-order valence-corrected chi connectivity index (χ2v) is 16.4. The molecule has 4 fully saturated rings. The van der Waals surface area contributed by atoms with E-state index >= 15 is 0 Å². The van der Waals surface area contributed by atoms with Gasteiger partial charge in [0.2, 0.25) is 0 Å². The van der Waals surface area contributed by atoms with Gasteiger partial charge in [-0.2, -0.15) is 0 Å². The van der Waals surface area contributed by atoms with Crippen molar-refractivity contribution in [2.75, 3.05) is 0 Å². The first-order valence-corrected chi connectivity index (χ1v) is 15.6. The lowest BCUT2D eigenvalue weighted by Gasteiger charge is -2.72. The molecule has 0 N–H and O–H groups in total. The lowest BCUT2D eigenvalue weighted by molar-refractivity contribution is -0.233. The van der Waals surface area contributed by atoms with Crippen LogP contribution in [0.2, 0.25) is 0 Å². The Labute approximate surface area is 222 Å². The van der Waals surface area contributed by atoms with E-state index in [4.69, 9.17) is 4.74 Å². The van der Waals surface area contributed by atoms with Crippen LogP contribution in [0, 0.1) is 50.2 Å². The number of allylic oxidation sites excluding steroid dienone is 2. The number of ether oxygens (including phenoxy) is 1. The summed E-state index contributed by atoms with van der Waals surface area (Å²) in [6.45, 7) is 22.6. The van der Waals surface area contributed by atoms with Crippen molar-refractivity contribution in [1.82, 2.24) is 0 Å². The van der Waals surface area contributed by atoms with Gasteiger partial charge in [0.15, 0.2) is 0 Å². The molecule has 0 amide bonds. The van der Waals surface area contributed by atoms with E-state index in [-0.39, 0.29) is 17.5 Å². The molecule has 8 atom stereocenters. The summed E-state index contributed by atoms with van der Waals surface area (Å²) in [7, 11) is 0. The summed E-state index contributed by atoms with van der Waals surface area (Å²) in [5.74, 6) is 2.19. The van der Waals surface area contributed by atoms with Crippen molar-refractivity contribution in [2.24, 2.45) is 50.2 Å². The minimum Gasteiger partial charge on any atom is -0.462 e. The summed E-state index contributed by atoms with van der Waals surface area (Å²) in [4.78, 5) is 12.5. The molecule has 204 valence electrons. The third kappa shape index (κ3) is 3.65. The molecule has 0 aliphatic heterocycles. The van der Waals surface area contributed by atoms with Crippen LogP contribution in [0.4, 0.5) is 0 Å². The minimum absolute atomic E-state index is 0.0155. The van der Waals surface area contributed by atoms with E-state index in [1.54, 1.807) is 0 Å². The third-order valence-electron chi connectivity index (χ3n) is 13.7. The van der Waals surface area contributed by atoms with Gasteiger partial charge in [0, 0.05) is 11.8 Å². The summed E-state index contributed by atoms with van der Waals surface area (Å²) in [5, 5.41) is 0. The summed E-state index contributed by atoms with van der Waals surface area (Å²) in [6, 6.07) is 0. The molecule has 0 aromatic heterocycles. The lowest BCUT2D eigenvalue weighted by Crippen LogP contribution is -2.66. The Morgan fingerprint density at radius 3 is 2.19 bits per heavy atom. The predicted molar refractivity (Wildman–Crippen MR) is 150 cm³/mol. The van der Waals surface area contributed by atoms with E-state index in [1.165, 1.54) is 57.8 Å². The maximum atomic E-state index is 12.5. The topological polar surface area (TPSA) is 26.3 Å². The highest BCUT2D eigenvalue weighted by molar-refractivity contribution is 5.69. The second-order valence-electron chi connectivity index (χ2n) is 16.4. The first-order valence-electron chi connectivity index (χ1n) is 15.6. The van der Waals surface area contributed by atoms with Gasteiger partial charge in [-0.25, -0.2) is 0 Å². The molecule has 2 heteroatoms. The summed E-state index contributed by atoms with van der Waals surface area (Å²) in [6.07, 6.45) is 17.4. The van der Waals surface area contributed by atoms with Gasteiger partial charge in [0.25, 0.3) is 0 Å². The third-order valence-corrected chi connectivity index (χ3v) is 13.7. The fourth-order valence-electron chi connectivity index (χ4n) is 11.2. The van der Waals surface area contributed by atoms with Gasteiger partial charge < -0.3 is 4.74 Å². The average Bonchev–Trinajstić information content (AvgIpc) is 2.77. The lowest BCUT2D eigenvalue weighted by atomic mass is 9.32. The Balaban J connectivity index is 1.47. The average molecular weight is 497 g/mol. The second kappa shape index (κ2) is 8.35. The van der Waals surface area contributed by atoms with Crippen molar-refractivity contribution in [3.05, 3.63) is 11.6 Å². The number of esters is 1. The van der Waals surface area contributed by atoms with Crippen molar-refractivity contribution in [1.29, 1.82) is 0 Å². The van der Waals surface area contributed by atoms with Gasteiger partial charge >= 0.3 is 5.97 Å². The van der Waals surface area contributed by atoms with E-state index in [0.717, 1.165) is 24.7 Å². The first-order chi connectivity index (χ1) is 16.6. The normalized spacial score (nSPS) is 49.0. The van der Waals surface area contributed by atoms with Crippen LogP contribution >= 0.6 is 0 Å². The molecule has 0 heterocycles. The smallest absolute Gasteiger partial charge is 0.306 e. The molecule has 0 bridgehead atoms. The quantitative estimate of drug-likeness (QED) is 0.287. The molecule has 0 unspecified atom stereocenters. The molecule has 4 saturated carbocycles. The highest BCUT2D eigenvalue weighted by Gasteiger charge is 2.69. The fraction of sp³-hybridized carbons (Fsp3) is 0.912. The molecule has 0 aromatic carbocycles. The Morgan fingerprint density at radius 1 is 0.806 bits per heavy atom. The molecule has 36 heavy (non-hydrogen) atoms. The van der Waals surface area contributed by atoms with Crippen LogP contribution in [0.1, 0.15) is 139 Å². The molecular weight excluding hydrogens is 440 g/mol. The summed E-state index contributed by atoms with van der Waals surface area (Å²) in [5.41, 5.74) is 3.84. The number of rotatable bonds is 3. The van der Waals surface area contributed by atoms with E-state index in [0.29, 0.717) is 39.4 Å². The van der Waals surface area contributed by atoms with Crippen LogP contribution in [-0.2, 0) is 9.53 Å². The number of carbonyl (C=O) groups is 1.